The lowest BCUT2D eigenvalue weighted by Gasteiger charge is -2.27. The first-order chi connectivity index (χ1) is 19.3. The van der Waals surface area contributed by atoms with Crippen LogP contribution < -0.4 is 4.90 Å². The molecule has 0 aliphatic carbocycles. The average molecular weight is 503 g/mol. The number of fused-ring (bicyclic) bond motifs is 5. The number of anilines is 3. The third-order valence-corrected chi connectivity index (χ3v) is 7.36. The topological polar surface area (TPSA) is 47.1 Å². The maximum atomic E-state index is 5.65. The van der Waals surface area contributed by atoms with E-state index in [-0.39, 0.29) is 0 Å². The molecule has 0 amide bonds. The van der Waals surface area contributed by atoms with Gasteiger partial charge in [0, 0.05) is 28.2 Å². The summed E-state index contributed by atoms with van der Waals surface area (Å²) in [6.07, 6.45) is 9.49. The number of aromatic nitrogens is 3. The molecule has 5 heteroatoms. The van der Waals surface area contributed by atoms with E-state index in [1.165, 1.54) is 10.8 Å². The molecule has 0 fully saturated rings. The zero-order valence-corrected chi connectivity index (χ0v) is 20.9. The molecule has 0 spiro atoms. The van der Waals surface area contributed by atoms with Gasteiger partial charge in [-0.3, -0.25) is 4.57 Å². The van der Waals surface area contributed by atoms with Crippen LogP contribution >= 0.6 is 0 Å². The molecule has 3 aromatic heterocycles. The number of hydrogen-bond acceptors (Lipinski definition) is 4. The SMILES string of the molecule is C1=Cc2ccc(-c3ncco3)cc2N(c2ccc3c4ccccc4n(-c4ccccn4)c3c2)c2ccccc21. The van der Waals surface area contributed by atoms with E-state index >= 15 is 0 Å². The van der Waals surface area contributed by atoms with Gasteiger partial charge in [-0.2, -0.15) is 0 Å². The predicted molar refractivity (Wildman–Crippen MR) is 158 cm³/mol. The number of oxazole rings is 1. The van der Waals surface area contributed by atoms with Crippen molar-refractivity contribution in [1.29, 1.82) is 0 Å². The van der Waals surface area contributed by atoms with Gasteiger partial charge in [-0.05, 0) is 59.7 Å². The highest BCUT2D eigenvalue weighted by molar-refractivity contribution is 6.10. The number of hydrogen-bond donors (Lipinski definition) is 0. The fraction of sp³-hybridized carbons (Fsp3) is 0. The summed E-state index contributed by atoms with van der Waals surface area (Å²) < 4.78 is 7.90. The van der Waals surface area contributed by atoms with Gasteiger partial charge in [-0.1, -0.05) is 66.7 Å². The highest BCUT2D eigenvalue weighted by Gasteiger charge is 2.23. The minimum Gasteiger partial charge on any atom is -0.445 e. The Morgan fingerprint density at radius 2 is 1.41 bits per heavy atom. The van der Waals surface area contributed by atoms with E-state index in [2.05, 4.69) is 118 Å². The molecule has 8 rings (SSSR count). The molecular formula is C34H22N4O. The smallest absolute Gasteiger partial charge is 0.225 e. The molecule has 7 aromatic rings. The molecule has 0 N–H and O–H groups in total. The number of rotatable bonds is 3. The normalized spacial score (nSPS) is 12.5. The molecule has 0 saturated heterocycles. The van der Waals surface area contributed by atoms with Crippen molar-refractivity contribution in [3.05, 3.63) is 133 Å². The molecule has 0 saturated carbocycles. The zero-order chi connectivity index (χ0) is 25.8. The first kappa shape index (κ1) is 21.6. The Kier molecular flexibility index (Phi) is 4.76. The monoisotopic (exact) mass is 502 g/mol. The molecule has 184 valence electrons. The Bertz CT molecular complexity index is 2020. The number of para-hydroxylation sites is 2. The van der Waals surface area contributed by atoms with E-state index in [0.29, 0.717) is 5.89 Å². The number of benzene rings is 4. The van der Waals surface area contributed by atoms with Crippen LogP contribution in [0.1, 0.15) is 11.1 Å². The summed E-state index contributed by atoms with van der Waals surface area (Å²) in [5.74, 6) is 1.50. The Labute approximate surface area is 224 Å². The summed E-state index contributed by atoms with van der Waals surface area (Å²) in [5, 5.41) is 2.39. The van der Waals surface area contributed by atoms with Gasteiger partial charge < -0.3 is 9.32 Å². The van der Waals surface area contributed by atoms with Gasteiger partial charge in [0.05, 0.1) is 28.6 Å². The molecule has 0 bridgehead atoms. The maximum absolute atomic E-state index is 5.65. The van der Waals surface area contributed by atoms with Crippen molar-refractivity contribution in [2.75, 3.05) is 4.90 Å². The van der Waals surface area contributed by atoms with Gasteiger partial charge in [0.15, 0.2) is 0 Å². The Balaban J connectivity index is 1.42. The van der Waals surface area contributed by atoms with Crippen LogP contribution in [0, 0.1) is 0 Å². The molecule has 0 atom stereocenters. The molecule has 0 unspecified atom stereocenters. The fourth-order valence-corrected chi connectivity index (χ4v) is 5.63. The number of pyridine rings is 1. The first-order valence-electron chi connectivity index (χ1n) is 12.9. The second-order valence-corrected chi connectivity index (χ2v) is 9.58. The maximum Gasteiger partial charge on any atom is 0.225 e. The minimum atomic E-state index is 0.602. The average Bonchev–Trinajstić information content (AvgIpc) is 3.60. The van der Waals surface area contributed by atoms with E-state index in [0.717, 1.165) is 50.6 Å². The Morgan fingerprint density at radius 3 is 2.28 bits per heavy atom. The largest absolute Gasteiger partial charge is 0.445 e. The minimum absolute atomic E-state index is 0.602. The van der Waals surface area contributed by atoms with Crippen molar-refractivity contribution in [3.63, 3.8) is 0 Å². The third kappa shape index (κ3) is 3.41. The lowest BCUT2D eigenvalue weighted by Crippen LogP contribution is -2.12. The molecule has 39 heavy (non-hydrogen) atoms. The lowest BCUT2D eigenvalue weighted by molar-refractivity contribution is 0.574. The van der Waals surface area contributed by atoms with Crippen molar-refractivity contribution in [2.45, 2.75) is 0 Å². The van der Waals surface area contributed by atoms with E-state index in [9.17, 15) is 0 Å². The summed E-state index contributed by atoms with van der Waals surface area (Å²) in [6.45, 7) is 0. The molecule has 5 nitrogen and oxygen atoms in total. The van der Waals surface area contributed by atoms with Crippen LogP contribution in [0.3, 0.4) is 0 Å². The van der Waals surface area contributed by atoms with Crippen LogP contribution in [0.25, 0.3) is 51.2 Å². The van der Waals surface area contributed by atoms with E-state index in [1.807, 2.05) is 18.3 Å². The van der Waals surface area contributed by atoms with Gasteiger partial charge in [0.25, 0.3) is 0 Å². The molecule has 4 aromatic carbocycles. The molecule has 0 radical (unpaired) electrons. The van der Waals surface area contributed by atoms with Crippen LogP contribution in [0.4, 0.5) is 17.1 Å². The summed E-state index contributed by atoms with van der Waals surface area (Å²) >= 11 is 0. The van der Waals surface area contributed by atoms with Gasteiger partial charge >= 0.3 is 0 Å². The standard InChI is InChI=1S/C34H22N4O/c1-3-9-29-23(7-1)12-13-24-14-15-25(34-36-19-20-39-34)21-31(24)37(29)26-16-17-28-27-8-2-4-10-30(27)38(32(28)22-26)33-11-5-6-18-35-33/h1-22H. The molecule has 4 heterocycles. The molecular weight excluding hydrogens is 480 g/mol. The predicted octanol–water partition coefficient (Wildman–Crippen LogP) is 8.79. The summed E-state index contributed by atoms with van der Waals surface area (Å²) in [6, 6.07) is 36.1. The number of nitrogens with zero attached hydrogens (tertiary/aromatic N) is 4. The van der Waals surface area contributed by atoms with E-state index < -0.39 is 0 Å². The summed E-state index contributed by atoms with van der Waals surface area (Å²) in [7, 11) is 0. The van der Waals surface area contributed by atoms with Crippen molar-refractivity contribution in [2.24, 2.45) is 0 Å². The lowest BCUT2D eigenvalue weighted by atomic mass is 10.1. The quantitative estimate of drug-likeness (QED) is 0.242. The zero-order valence-electron chi connectivity index (χ0n) is 20.9. The van der Waals surface area contributed by atoms with Crippen LogP contribution in [0.2, 0.25) is 0 Å². The van der Waals surface area contributed by atoms with Crippen LogP contribution in [-0.4, -0.2) is 14.5 Å². The van der Waals surface area contributed by atoms with Gasteiger partial charge in [-0.15, -0.1) is 0 Å². The second-order valence-electron chi connectivity index (χ2n) is 9.58. The Hall–Kier alpha value is -5.42. The van der Waals surface area contributed by atoms with Crippen molar-refractivity contribution >= 4 is 51.0 Å². The van der Waals surface area contributed by atoms with Crippen LogP contribution in [0.5, 0.6) is 0 Å². The van der Waals surface area contributed by atoms with Crippen molar-refractivity contribution in [3.8, 4) is 17.3 Å². The summed E-state index contributed by atoms with van der Waals surface area (Å²) in [4.78, 5) is 11.4. The highest BCUT2D eigenvalue weighted by Crippen LogP contribution is 2.45. The second kappa shape index (κ2) is 8.57. The summed E-state index contributed by atoms with van der Waals surface area (Å²) in [5.41, 5.74) is 8.66. The third-order valence-electron chi connectivity index (χ3n) is 7.36. The molecule has 1 aliphatic heterocycles. The Morgan fingerprint density at radius 1 is 0.590 bits per heavy atom. The van der Waals surface area contributed by atoms with E-state index in [1.54, 1.807) is 12.5 Å². The fourth-order valence-electron chi connectivity index (χ4n) is 5.63. The highest BCUT2D eigenvalue weighted by atomic mass is 16.3. The van der Waals surface area contributed by atoms with Crippen LogP contribution in [0.15, 0.2) is 126 Å². The van der Waals surface area contributed by atoms with Crippen LogP contribution in [-0.2, 0) is 0 Å². The molecule has 1 aliphatic rings. The van der Waals surface area contributed by atoms with E-state index in [4.69, 9.17) is 9.40 Å². The van der Waals surface area contributed by atoms with Crippen molar-refractivity contribution < 1.29 is 4.42 Å². The van der Waals surface area contributed by atoms with Crippen molar-refractivity contribution in [1.82, 2.24) is 14.5 Å². The first-order valence-corrected chi connectivity index (χ1v) is 12.9. The van der Waals surface area contributed by atoms with Gasteiger partial charge in [0.2, 0.25) is 5.89 Å². The van der Waals surface area contributed by atoms with Gasteiger partial charge in [0.1, 0.15) is 12.1 Å². The van der Waals surface area contributed by atoms with Gasteiger partial charge in [-0.25, -0.2) is 9.97 Å².